The van der Waals surface area contributed by atoms with E-state index in [-0.39, 0.29) is 12.5 Å². The van der Waals surface area contributed by atoms with Crippen LogP contribution in [0.4, 0.5) is 0 Å². The van der Waals surface area contributed by atoms with Gasteiger partial charge in [-0.1, -0.05) is 60.7 Å². The van der Waals surface area contributed by atoms with Gasteiger partial charge in [-0.2, -0.15) is 0 Å². The first-order valence-corrected chi connectivity index (χ1v) is 11.9. The molecule has 2 aromatic rings. The van der Waals surface area contributed by atoms with Crippen molar-refractivity contribution in [3.63, 3.8) is 0 Å². The Balaban J connectivity index is 1.71. The van der Waals surface area contributed by atoms with E-state index >= 15 is 0 Å². The summed E-state index contributed by atoms with van der Waals surface area (Å²) in [5, 5.41) is 19.5. The Morgan fingerprint density at radius 2 is 1.72 bits per heavy atom. The van der Waals surface area contributed by atoms with Gasteiger partial charge in [0.25, 0.3) is 0 Å². The molecule has 1 unspecified atom stereocenters. The lowest BCUT2D eigenvalue weighted by Crippen LogP contribution is -2.48. The maximum Gasteiger partial charge on any atom is 0.111 e. The van der Waals surface area contributed by atoms with E-state index in [1.54, 1.807) is 0 Å². The summed E-state index contributed by atoms with van der Waals surface area (Å²) in [5.41, 5.74) is 6.44. The predicted octanol–water partition coefficient (Wildman–Crippen LogP) is 6.20. The minimum absolute atomic E-state index is 0.178. The third-order valence-electron chi connectivity index (χ3n) is 6.82. The van der Waals surface area contributed by atoms with Crippen molar-refractivity contribution in [2.75, 3.05) is 19.7 Å². The number of hydrogen-bond donors (Lipinski definition) is 2. The van der Waals surface area contributed by atoms with E-state index < -0.39 is 0 Å². The molecule has 1 fully saturated rings. The molecule has 168 valence electrons. The highest BCUT2D eigenvalue weighted by Gasteiger charge is 2.29. The fourth-order valence-corrected chi connectivity index (χ4v) is 4.84. The number of benzene rings is 2. The van der Waals surface area contributed by atoms with Crippen molar-refractivity contribution in [2.45, 2.75) is 45.1 Å². The first kappa shape index (κ1) is 22.6. The molecule has 1 heterocycles. The largest absolute Gasteiger partial charge is 0.508 e. The number of aliphatic hydroxyl groups excluding tert-OH is 2. The van der Waals surface area contributed by atoms with Gasteiger partial charge in [-0.25, -0.2) is 0 Å². The Morgan fingerprint density at radius 3 is 2.31 bits per heavy atom. The van der Waals surface area contributed by atoms with Crippen molar-refractivity contribution in [3.05, 3.63) is 95.3 Å². The highest BCUT2D eigenvalue weighted by Crippen LogP contribution is 2.39. The summed E-state index contributed by atoms with van der Waals surface area (Å²) in [5.74, 6) is 1.16. The molecule has 32 heavy (non-hydrogen) atoms. The zero-order valence-electron chi connectivity index (χ0n) is 19.2. The van der Waals surface area contributed by atoms with Crippen molar-refractivity contribution in [2.24, 2.45) is 5.92 Å². The third kappa shape index (κ3) is 5.06. The normalized spacial score (nSPS) is 20.1. The first-order chi connectivity index (χ1) is 15.6. The second-order valence-corrected chi connectivity index (χ2v) is 9.28. The molecule has 1 atom stereocenters. The molecule has 3 heteroatoms. The van der Waals surface area contributed by atoms with Crippen LogP contribution in [0.5, 0.6) is 0 Å². The molecule has 0 amide bonds. The van der Waals surface area contributed by atoms with E-state index in [1.165, 1.54) is 27.8 Å². The van der Waals surface area contributed by atoms with E-state index in [0.29, 0.717) is 17.7 Å². The molecule has 0 bridgehead atoms. The summed E-state index contributed by atoms with van der Waals surface area (Å²) in [6.07, 6.45) is 8.17. The van der Waals surface area contributed by atoms with Gasteiger partial charge in [-0.05, 0) is 73.1 Å². The Bertz CT molecular complexity index is 980. The predicted molar refractivity (Wildman–Crippen MR) is 133 cm³/mol. The second-order valence-electron chi connectivity index (χ2n) is 9.28. The second kappa shape index (κ2) is 10.3. The van der Waals surface area contributed by atoms with Gasteiger partial charge in [0.05, 0.1) is 0 Å². The molecular weight excluding hydrogens is 394 g/mol. The summed E-state index contributed by atoms with van der Waals surface area (Å²) in [7, 11) is 0. The van der Waals surface area contributed by atoms with Crippen LogP contribution in [-0.2, 0) is 0 Å². The Labute approximate surface area is 192 Å². The lowest BCUT2D eigenvalue weighted by molar-refractivity contribution is 0.110. The maximum absolute atomic E-state index is 9.89. The van der Waals surface area contributed by atoms with E-state index in [4.69, 9.17) is 0 Å². The van der Waals surface area contributed by atoms with Crippen LogP contribution in [0.15, 0.2) is 78.6 Å². The van der Waals surface area contributed by atoms with Crippen molar-refractivity contribution in [3.8, 4) is 0 Å². The lowest BCUT2D eigenvalue weighted by atomic mass is 9.80. The lowest BCUT2D eigenvalue weighted by Gasteiger charge is -2.42. The van der Waals surface area contributed by atoms with Gasteiger partial charge in [0.2, 0.25) is 0 Å². The summed E-state index contributed by atoms with van der Waals surface area (Å²) < 4.78 is 0. The van der Waals surface area contributed by atoms with Crippen LogP contribution in [0.3, 0.4) is 0 Å². The zero-order chi connectivity index (χ0) is 22.5. The number of allylic oxidation sites excluding steroid dienone is 5. The highest BCUT2D eigenvalue weighted by molar-refractivity contribution is 5.92. The Kier molecular flexibility index (Phi) is 7.29. The van der Waals surface area contributed by atoms with Crippen LogP contribution in [0.1, 0.15) is 55.7 Å². The molecule has 2 N–H and O–H groups in total. The fraction of sp³-hybridized carbons (Fsp3) is 0.379. The molecule has 4 rings (SSSR count). The van der Waals surface area contributed by atoms with Gasteiger partial charge < -0.3 is 10.2 Å². The molecule has 2 aliphatic rings. The monoisotopic (exact) mass is 429 g/mol. The zero-order valence-corrected chi connectivity index (χ0v) is 19.2. The smallest absolute Gasteiger partial charge is 0.111 e. The molecule has 0 saturated carbocycles. The molecule has 0 spiro atoms. The van der Waals surface area contributed by atoms with Crippen molar-refractivity contribution >= 4 is 11.1 Å². The summed E-state index contributed by atoms with van der Waals surface area (Å²) in [6, 6.07) is 20.3. The van der Waals surface area contributed by atoms with E-state index in [1.807, 2.05) is 18.2 Å². The van der Waals surface area contributed by atoms with Crippen LogP contribution in [-0.4, -0.2) is 40.9 Å². The molecular formula is C29H35NO2. The van der Waals surface area contributed by atoms with Gasteiger partial charge >= 0.3 is 0 Å². The van der Waals surface area contributed by atoms with Crippen LogP contribution >= 0.6 is 0 Å². The van der Waals surface area contributed by atoms with Crippen molar-refractivity contribution in [1.82, 2.24) is 4.90 Å². The molecule has 1 aliphatic heterocycles. The number of hydrogen-bond acceptors (Lipinski definition) is 3. The third-order valence-corrected chi connectivity index (χ3v) is 6.82. The average molecular weight is 430 g/mol. The van der Waals surface area contributed by atoms with Gasteiger partial charge in [0, 0.05) is 37.6 Å². The molecule has 1 aliphatic carbocycles. The standard InChI is InChI=1S/C29H35NO2/c1-21(2)30-19-26(20-30)22-10-12-24(13-11-22)29(25-14-16-27(32)17-15-25)28(9-6-18-31)23-7-4-3-5-8-23/h3-5,7-8,10-14,16-17,21,25-26,31-32H,6,9,15,18-20H2,1-2H3/b29-28+. The number of likely N-dealkylation sites (tertiary alicyclic amines) is 1. The number of aliphatic hydroxyl groups is 2. The van der Waals surface area contributed by atoms with Gasteiger partial charge in [-0.3, -0.25) is 4.90 Å². The van der Waals surface area contributed by atoms with Gasteiger partial charge in [-0.15, -0.1) is 0 Å². The Hall–Kier alpha value is -2.62. The van der Waals surface area contributed by atoms with Gasteiger partial charge in [0.1, 0.15) is 5.76 Å². The first-order valence-electron chi connectivity index (χ1n) is 11.9. The number of nitrogens with zero attached hydrogens (tertiary/aromatic N) is 1. The minimum Gasteiger partial charge on any atom is -0.508 e. The fourth-order valence-electron chi connectivity index (χ4n) is 4.84. The van der Waals surface area contributed by atoms with Gasteiger partial charge in [0.15, 0.2) is 0 Å². The number of rotatable bonds is 8. The van der Waals surface area contributed by atoms with Crippen LogP contribution < -0.4 is 0 Å². The van der Waals surface area contributed by atoms with Crippen LogP contribution in [0, 0.1) is 5.92 Å². The van der Waals surface area contributed by atoms with Crippen LogP contribution in [0.25, 0.3) is 11.1 Å². The minimum atomic E-state index is 0.178. The summed E-state index contributed by atoms with van der Waals surface area (Å²) in [4.78, 5) is 2.51. The molecule has 1 saturated heterocycles. The quantitative estimate of drug-likeness (QED) is 0.491. The van der Waals surface area contributed by atoms with E-state index in [9.17, 15) is 10.2 Å². The molecule has 3 nitrogen and oxygen atoms in total. The highest BCUT2D eigenvalue weighted by atomic mass is 16.3. The van der Waals surface area contributed by atoms with Crippen molar-refractivity contribution < 1.29 is 10.2 Å². The van der Waals surface area contributed by atoms with E-state index in [2.05, 4.69) is 73.4 Å². The SMILES string of the molecule is CC(C)N1CC(c2ccc(/C(=C(/CCCO)c3ccccc3)C3C=CC(O)=CC3)cc2)C1. The Morgan fingerprint density at radius 1 is 1.00 bits per heavy atom. The topological polar surface area (TPSA) is 43.7 Å². The van der Waals surface area contributed by atoms with Crippen molar-refractivity contribution in [1.29, 1.82) is 0 Å². The maximum atomic E-state index is 9.89. The summed E-state index contributed by atoms with van der Waals surface area (Å²) in [6.45, 7) is 6.98. The molecule has 2 aromatic carbocycles. The average Bonchev–Trinajstić information content (AvgIpc) is 2.77. The molecule has 0 aromatic heterocycles. The van der Waals surface area contributed by atoms with Crippen LogP contribution in [0.2, 0.25) is 0 Å². The summed E-state index contributed by atoms with van der Waals surface area (Å²) >= 11 is 0. The van der Waals surface area contributed by atoms with E-state index in [0.717, 1.165) is 32.4 Å². The molecule has 0 radical (unpaired) electrons.